The lowest BCUT2D eigenvalue weighted by Gasteiger charge is -2.15. The van der Waals surface area contributed by atoms with Crippen molar-refractivity contribution in [1.29, 1.82) is 0 Å². The average molecular weight is 229 g/mol. The van der Waals surface area contributed by atoms with E-state index in [0.29, 0.717) is 5.41 Å². The number of anilines is 1. The average Bonchev–Trinajstić information content (AvgIpc) is 3.01. The molecular formula is C14H19N3. The Hall–Kier alpha value is -1.51. The molecule has 1 aromatic heterocycles. The van der Waals surface area contributed by atoms with Gasteiger partial charge in [-0.2, -0.15) is 0 Å². The normalized spacial score (nSPS) is 17.5. The molecule has 3 rings (SSSR count). The molecule has 0 atom stereocenters. The number of nitrogens with two attached hydrogens (primary N) is 1. The van der Waals surface area contributed by atoms with Gasteiger partial charge in [0.2, 0.25) is 0 Å². The van der Waals surface area contributed by atoms with Crippen molar-refractivity contribution in [3.8, 4) is 0 Å². The first-order valence-electron chi connectivity index (χ1n) is 6.36. The van der Waals surface area contributed by atoms with E-state index in [0.717, 1.165) is 23.6 Å². The van der Waals surface area contributed by atoms with Crippen LogP contribution in [0.25, 0.3) is 11.0 Å². The Morgan fingerprint density at radius 1 is 1.41 bits per heavy atom. The molecular weight excluding hydrogens is 210 g/mol. The summed E-state index contributed by atoms with van der Waals surface area (Å²) in [6, 6.07) is 6.02. The minimum Gasteiger partial charge on any atom is -0.399 e. The number of benzene rings is 1. The van der Waals surface area contributed by atoms with Crippen molar-refractivity contribution in [1.82, 2.24) is 9.55 Å². The summed E-state index contributed by atoms with van der Waals surface area (Å²) in [4.78, 5) is 4.60. The number of fused-ring (bicyclic) bond motifs is 1. The van der Waals surface area contributed by atoms with Crippen LogP contribution < -0.4 is 5.73 Å². The largest absolute Gasteiger partial charge is 0.399 e. The highest BCUT2D eigenvalue weighted by Crippen LogP contribution is 2.50. The van der Waals surface area contributed by atoms with Gasteiger partial charge in [-0.25, -0.2) is 4.98 Å². The van der Waals surface area contributed by atoms with Gasteiger partial charge in [0.05, 0.1) is 11.0 Å². The zero-order chi connectivity index (χ0) is 12.0. The van der Waals surface area contributed by atoms with Gasteiger partial charge in [0.15, 0.2) is 0 Å². The van der Waals surface area contributed by atoms with E-state index in [9.17, 15) is 0 Å². The van der Waals surface area contributed by atoms with Crippen molar-refractivity contribution < 1.29 is 0 Å². The van der Waals surface area contributed by atoms with Crippen LogP contribution >= 0.6 is 0 Å². The van der Waals surface area contributed by atoms with E-state index < -0.39 is 0 Å². The van der Waals surface area contributed by atoms with Crippen LogP contribution in [0.3, 0.4) is 0 Å². The molecule has 1 aromatic carbocycles. The summed E-state index contributed by atoms with van der Waals surface area (Å²) in [5, 5.41) is 0. The van der Waals surface area contributed by atoms with Crippen molar-refractivity contribution in [2.24, 2.45) is 5.41 Å². The Bertz CT molecular complexity index is 564. The zero-order valence-corrected chi connectivity index (χ0v) is 10.5. The molecule has 90 valence electrons. The summed E-state index contributed by atoms with van der Waals surface area (Å²) in [6.45, 7) is 5.48. The molecule has 1 fully saturated rings. The highest BCUT2D eigenvalue weighted by molar-refractivity contribution is 5.79. The summed E-state index contributed by atoms with van der Waals surface area (Å²) in [7, 11) is 0. The van der Waals surface area contributed by atoms with E-state index in [4.69, 9.17) is 5.73 Å². The molecule has 0 bridgehead atoms. The van der Waals surface area contributed by atoms with Crippen LogP contribution in [-0.2, 0) is 6.54 Å². The van der Waals surface area contributed by atoms with Gasteiger partial charge in [-0.3, -0.25) is 0 Å². The first-order chi connectivity index (χ1) is 8.13. The van der Waals surface area contributed by atoms with Gasteiger partial charge in [-0.05, 0) is 49.8 Å². The topological polar surface area (TPSA) is 43.8 Å². The summed E-state index contributed by atoms with van der Waals surface area (Å²) < 4.78 is 2.35. The number of nitrogens with zero attached hydrogens (tertiary/aromatic N) is 2. The number of hydrogen-bond donors (Lipinski definition) is 1. The molecule has 1 aliphatic rings. The fourth-order valence-corrected chi connectivity index (χ4v) is 2.60. The molecule has 3 heteroatoms. The second kappa shape index (κ2) is 3.49. The lowest BCUT2D eigenvalue weighted by atomic mass is 10.0. The second-order valence-corrected chi connectivity index (χ2v) is 5.35. The Labute approximate surface area is 102 Å². The molecule has 1 aliphatic carbocycles. The van der Waals surface area contributed by atoms with Crippen molar-refractivity contribution in [2.75, 3.05) is 5.73 Å². The standard InChI is InChI=1S/C14H19N3/c1-3-14(6-7-14)9-17-10(2)16-12-8-11(15)4-5-13(12)17/h4-5,8H,3,6-7,9,15H2,1-2H3. The first kappa shape index (κ1) is 10.6. The third-order valence-corrected chi connectivity index (χ3v) is 4.16. The molecule has 0 saturated heterocycles. The van der Waals surface area contributed by atoms with Gasteiger partial charge >= 0.3 is 0 Å². The van der Waals surface area contributed by atoms with Crippen molar-refractivity contribution in [3.63, 3.8) is 0 Å². The predicted octanol–water partition coefficient (Wildman–Crippen LogP) is 3.12. The summed E-state index contributed by atoms with van der Waals surface area (Å²) in [5.41, 5.74) is 9.37. The van der Waals surface area contributed by atoms with Crippen LogP contribution in [0.5, 0.6) is 0 Å². The fourth-order valence-electron chi connectivity index (χ4n) is 2.60. The van der Waals surface area contributed by atoms with Crippen molar-refractivity contribution in [3.05, 3.63) is 24.0 Å². The highest BCUT2D eigenvalue weighted by Gasteiger charge is 2.41. The Morgan fingerprint density at radius 3 is 2.82 bits per heavy atom. The third kappa shape index (κ3) is 1.70. The van der Waals surface area contributed by atoms with Crippen LogP contribution in [0.15, 0.2) is 18.2 Å². The van der Waals surface area contributed by atoms with Gasteiger partial charge in [-0.15, -0.1) is 0 Å². The lowest BCUT2D eigenvalue weighted by Crippen LogP contribution is -2.11. The maximum atomic E-state index is 5.80. The highest BCUT2D eigenvalue weighted by atomic mass is 15.1. The van der Waals surface area contributed by atoms with Crippen LogP contribution in [-0.4, -0.2) is 9.55 Å². The van der Waals surface area contributed by atoms with Crippen LogP contribution in [0.4, 0.5) is 5.69 Å². The van der Waals surface area contributed by atoms with Gasteiger partial charge in [-0.1, -0.05) is 6.92 Å². The minimum atomic E-state index is 0.541. The minimum absolute atomic E-state index is 0.541. The Morgan fingerprint density at radius 2 is 2.18 bits per heavy atom. The monoisotopic (exact) mass is 229 g/mol. The number of hydrogen-bond acceptors (Lipinski definition) is 2. The summed E-state index contributed by atoms with van der Waals surface area (Å²) >= 11 is 0. The first-order valence-corrected chi connectivity index (χ1v) is 6.36. The van der Waals surface area contributed by atoms with Crippen LogP contribution in [0.1, 0.15) is 32.0 Å². The molecule has 1 heterocycles. The number of imidazole rings is 1. The maximum absolute atomic E-state index is 5.80. The molecule has 17 heavy (non-hydrogen) atoms. The van der Waals surface area contributed by atoms with E-state index in [2.05, 4.69) is 29.5 Å². The Kier molecular flexibility index (Phi) is 2.18. The fraction of sp³-hybridized carbons (Fsp3) is 0.500. The second-order valence-electron chi connectivity index (χ2n) is 5.35. The lowest BCUT2D eigenvalue weighted by molar-refractivity contribution is 0.410. The van der Waals surface area contributed by atoms with Crippen LogP contribution in [0.2, 0.25) is 0 Å². The van der Waals surface area contributed by atoms with Gasteiger partial charge in [0, 0.05) is 12.2 Å². The summed E-state index contributed by atoms with van der Waals surface area (Å²) in [5.74, 6) is 1.10. The third-order valence-electron chi connectivity index (χ3n) is 4.16. The molecule has 0 unspecified atom stereocenters. The smallest absolute Gasteiger partial charge is 0.106 e. The van der Waals surface area contributed by atoms with Crippen molar-refractivity contribution in [2.45, 2.75) is 39.7 Å². The molecule has 2 aromatic rings. The molecule has 2 N–H and O–H groups in total. The number of rotatable bonds is 3. The molecule has 0 amide bonds. The van der Waals surface area contributed by atoms with Gasteiger partial charge in [0.1, 0.15) is 5.82 Å². The molecule has 3 nitrogen and oxygen atoms in total. The predicted molar refractivity (Wildman–Crippen MR) is 70.8 cm³/mol. The summed E-state index contributed by atoms with van der Waals surface area (Å²) in [6.07, 6.45) is 3.98. The maximum Gasteiger partial charge on any atom is 0.106 e. The van der Waals surface area contributed by atoms with Crippen molar-refractivity contribution >= 4 is 16.7 Å². The molecule has 0 radical (unpaired) electrons. The van der Waals surface area contributed by atoms with Crippen LogP contribution in [0, 0.1) is 12.3 Å². The van der Waals surface area contributed by atoms with E-state index in [1.165, 1.54) is 24.8 Å². The number of nitrogen functional groups attached to an aromatic ring is 1. The quantitative estimate of drug-likeness (QED) is 0.822. The number of aryl methyl sites for hydroxylation is 1. The molecule has 1 saturated carbocycles. The van der Waals surface area contributed by atoms with Gasteiger partial charge in [0.25, 0.3) is 0 Å². The Balaban J connectivity index is 2.06. The van der Waals surface area contributed by atoms with E-state index in [-0.39, 0.29) is 0 Å². The zero-order valence-electron chi connectivity index (χ0n) is 10.5. The molecule has 0 aliphatic heterocycles. The number of aromatic nitrogens is 2. The van der Waals surface area contributed by atoms with E-state index >= 15 is 0 Å². The molecule has 0 spiro atoms. The van der Waals surface area contributed by atoms with E-state index in [1.54, 1.807) is 0 Å². The SMILES string of the molecule is CCC1(Cn2c(C)nc3cc(N)ccc32)CC1. The van der Waals surface area contributed by atoms with E-state index in [1.807, 2.05) is 12.1 Å². The van der Waals surface area contributed by atoms with Gasteiger partial charge < -0.3 is 10.3 Å².